The van der Waals surface area contributed by atoms with Crippen LogP contribution in [0.25, 0.3) is 0 Å². The van der Waals surface area contributed by atoms with Crippen molar-refractivity contribution in [2.24, 2.45) is 0 Å². The van der Waals surface area contributed by atoms with Gasteiger partial charge in [-0.3, -0.25) is 9.69 Å². The minimum absolute atomic E-state index is 0.158. The van der Waals surface area contributed by atoms with E-state index in [0.717, 1.165) is 19.5 Å². The molecule has 6 nitrogen and oxygen atoms in total. The Hall–Kier alpha value is -1.44. The van der Waals surface area contributed by atoms with Crippen molar-refractivity contribution in [3.63, 3.8) is 0 Å². The molecule has 1 aromatic rings. The Morgan fingerprint density at radius 2 is 1.84 bits per heavy atom. The van der Waals surface area contributed by atoms with Crippen molar-refractivity contribution in [3.8, 4) is 0 Å². The molecule has 0 saturated carbocycles. The number of likely N-dealkylation sites (N-methyl/N-ethyl adjacent to an activating group) is 1. The summed E-state index contributed by atoms with van der Waals surface area (Å²) in [6.45, 7) is 9.33. The second-order valence-corrected chi connectivity index (χ2v) is 8.19. The van der Waals surface area contributed by atoms with Crippen molar-refractivity contribution in [1.29, 1.82) is 0 Å². The van der Waals surface area contributed by atoms with Crippen molar-refractivity contribution < 1.29 is 13.2 Å². The third-order valence-corrected chi connectivity index (χ3v) is 6.93. The van der Waals surface area contributed by atoms with Crippen molar-refractivity contribution in [2.45, 2.75) is 44.6 Å². The molecule has 25 heavy (non-hydrogen) atoms. The van der Waals surface area contributed by atoms with Crippen LogP contribution in [-0.2, 0) is 10.0 Å². The Kier molecular flexibility index (Phi) is 6.98. The van der Waals surface area contributed by atoms with E-state index < -0.39 is 10.0 Å². The lowest BCUT2D eigenvalue weighted by molar-refractivity contribution is 0.0941. The number of sulfonamides is 1. The van der Waals surface area contributed by atoms with Gasteiger partial charge in [0.2, 0.25) is 10.0 Å². The van der Waals surface area contributed by atoms with Crippen LogP contribution in [0.1, 0.15) is 44.0 Å². The van der Waals surface area contributed by atoms with Gasteiger partial charge in [-0.15, -0.1) is 0 Å². The number of rotatable bonds is 8. The topological polar surface area (TPSA) is 69.7 Å². The van der Waals surface area contributed by atoms with E-state index in [9.17, 15) is 13.2 Å². The van der Waals surface area contributed by atoms with E-state index in [4.69, 9.17) is 0 Å². The lowest BCUT2D eigenvalue weighted by atomic mass is 10.2. The first-order valence-corrected chi connectivity index (χ1v) is 10.5. The van der Waals surface area contributed by atoms with E-state index in [-0.39, 0.29) is 10.8 Å². The summed E-state index contributed by atoms with van der Waals surface area (Å²) < 4.78 is 26.3. The Balaban J connectivity index is 2.00. The predicted molar refractivity (Wildman–Crippen MR) is 99.2 cm³/mol. The van der Waals surface area contributed by atoms with Crippen LogP contribution >= 0.6 is 0 Å². The molecular formula is C18H29N3O3S. The van der Waals surface area contributed by atoms with E-state index in [1.165, 1.54) is 22.9 Å². The summed E-state index contributed by atoms with van der Waals surface area (Å²) in [6, 6.07) is 6.58. The first-order chi connectivity index (χ1) is 11.9. The predicted octanol–water partition coefficient (Wildman–Crippen LogP) is 1.93. The van der Waals surface area contributed by atoms with Crippen LogP contribution < -0.4 is 5.32 Å². The highest BCUT2D eigenvalue weighted by Gasteiger charge is 2.24. The van der Waals surface area contributed by atoms with E-state index in [2.05, 4.69) is 17.1 Å². The molecule has 1 aromatic carbocycles. The SMILES string of the molecule is CCN1CCC[C@@H]1CNC(=O)c1ccc(S(=O)(=O)N(CC)CC)cc1. The van der Waals surface area contributed by atoms with Crippen LogP contribution in [0.3, 0.4) is 0 Å². The lowest BCUT2D eigenvalue weighted by Gasteiger charge is -2.23. The zero-order valence-electron chi connectivity index (χ0n) is 15.4. The Morgan fingerprint density at radius 1 is 1.20 bits per heavy atom. The number of carbonyl (C=O) groups is 1. The second-order valence-electron chi connectivity index (χ2n) is 6.25. The molecule has 0 radical (unpaired) electrons. The van der Waals surface area contributed by atoms with Gasteiger partial charge in [0, 0.05) is 31.2 Å². The standard InChI is InChI=1S/C18H29N3O3S/c1-4-20-13-7-8-16(20)14-19-18(22)15-9-11-17(12-10-15)25(23,24)21(5-2)6-3/h9-12,16H,4-8,13-14H2,1-3H3,(H,19,22)/t16-/m1/s1. The fraction of sp³-hybridized carbons (Fsp3) is 0.611. The van der Waals surface area contributed by atoms with E-state index in [1.54, 1.807) is 12.1 Å². The fourth-order valence-corrected chi connectivity index (χ4v) is 4.80. The molecule has 140 valence electrons. The minimum Gasteiger partial charge on any atom is -0.350 e. The molecule has 0 aliphatic carbocycles. The van der Waals surface area contributed by atoms with Gasteiger partial charge in [-0.25, -0.2) is 8.42 Å². The molecule has 0 aromatic heterocycles. The lowest BCUT2D eigenvalue weighted by Crippen LogP contribution is -2.40. The molecule has 1 aliphatic rings. The maximum absolute atomic E-state index is 12.5. The van der Waals surface area contributed by atoms with E-state index in [1.807, 2.05) is 13.8 Å². The van der Waals surface area contributed by atoms with Gasteiger partial charge in [-0.05, 0) is 50.2 Å². The van der Waals surface area contributed by atoms with Gasteiger partial charge in [0.1, 0.15) is 0 Å². The summed E-state index contributed by atoms with van der Waals surface area (Å²) >= 11 is 0. The largest absolute Gasteiger partial charge is 0.350 e. The maximum atomic E-state index is 12.5. The van der Waals surface area contributed by atoms with Gasteiger partial charge in [-0.1, -0.05) is 20.8 Å². The Bertz CT molecular complexity index is 669. The highest BCUT2D eigenvalue weighted by Crippen LogP contribution is 2.17. The van der Waals surface area contributed by atoms with Gasteiger partial charge >= 0.3 is 0 Å². The molecule has 1 aliphatic heterocycles. The zero-order valence-corrected chi connectivity index (χ0v) is 16.2. The van der Waals surface area contributed by atoms with Crippen molar-refractivity contribution in [2.75, 3.05) is 32.7 Å². The molecule has 1 atom stereocenters. The third-order valence-electron chi connectivity index (χ3n) is 4.86. The van der Waals surface area contributed by atoms with Crippen molar-refractivity contribution in [3.05, 3.63) is 29.8 Å². The number of hydrogen-bond acceptors (Lipinski definition) is 4. The van der Waals surface area contributed by atoms with Gasteiger partial charge in [0.15, 0.2) is 0 Å². The molecule has 1 heterocycles. The summed E-state index contributed by atoms with van der Waals surface area (Å²) in [4.78, 5) is 14.9. The van der Waals surface area contributed by atoms with Crippen LogP contribution in [0.4, 0.5) is 0 Å². The summed E-state index contributed by atoms with van der Waals surface area (Å²) in [5, 5.41) is 2.97. The van der Waals surface area contributed by atoms with Gasteiger partial charge < -0.3 is 5.32 Å². The normalized spacial score (nSPS) is 18.6. The van der Waals surface area contributed by atoms with Crippen molar-refractivity contribution in [1.82, 2.24) is 14.5 Å². The van der Waals surface area contributed by atoms with Crippen LogP contribution in [0, 0.1) is 0 Å². The van der Waals surface area contributed by atoms with E-state index >= 15 is 0 Å². The Labute approximate surface area is 151 Å². The minimum atomic E-state index is -3.48. The third kappa shape index (κ3) is 4.59. The molecule has 0 spiro atoms. The monoisotopic (exact) mass is 367 g/mol. The highest BCUT2D eigenvalue weighted by molar-refractivity contribution is 7.89. The maximum Gasteiger partial charge on any atom is 0.251 e. The fourth-order valence-electron chi connectivity index (χ4n) is 3.35. The average molecular weight is 368 g/mol. The summed E-state index contributed by atoms with van der Waals surface area (Å²) in [7, 11) is -3.48. The second kappa shape index (κ2) is 8.78. The van der Waals surface area contributed by atoms with E-state index in [0.29, 0.717) is 31.2 Å². The number of carbonyl (C=O) groups excluding carboxylic acids is 1. The average Bonchev–Trinajstić information content (AvgIpc) is 3.08. The van der Waals surface area contributed by atoms with Crippen LogP contribution in [0.5, 0.6) is 0 Å². The number of amides is 1. The van der Waals surface area contributed by atoms with Crippen LogP contribution in [-0.4, -0.2) is 62.3 Å². The number of hydrogen-bond donors (Lipinski definition) is 1. The number of likely N-dealkylation sites (tertiary alicyclic amines) is 1. The molecule has 7 heteroatoms. The first-order valence-electron chi connectivity index (χ1n) is 9.06. The molecule has 1 saturated heterocycles. The van der Waals surface area contributed by atoms with Crippen LogP contribution in [0.2, 0.25) is 0 Å². The molecule has 1 fully saturated rings. The van der Waals surface area contributed by atoms with Gasteiger partial charge in [0.05, 0.1) is 4.90 Å². The quantitative estimate of drug-likeness (QED) is 0.762. The molecule has 1 amide bonds. The molecule has 1 N–H and O–H groups in total. The highest BCUT2D eigenvalue weighted by atomic mass is 32.2. The Morgan fingerprint density at radius 3 is 2.40 bits per heavy atom. The summed E-state index contributed by atoms with van der Waals surface area (Å²) in [5.41, 5.74) is 0.486. The molecule has 0 bridgehead atoms. The molecule has 0 unspecified atom stereocenters. The number of benzene rings is 1. The molecular weight excluding hydrogens is 338 g/mol. The van der Waals surface area contributed by atoms with Crippen molar-refractivity contribution >= 4 is 15.9 Å². The summed E-state index contributed by atoms with van der Waals surface area (Å²) in [5.74, 6) is -0.158. The number of nitrogens with zero attached hydrogens (tertiary/aromatic N) is 2. The smallest absolute Gasteiger partial charge is 0.251 e. The van der Waals surface area contributed by atoms with Gasteiger partial charge in [0.25, 0.3) is 5.91 Å². The zero-order chi connectivity index (χ0) is 18.4. The number of nitrogens with one attached hydrogen (secondary N) is 1. The first kappa shape index (κ1) is 19.9. The summed E-state index contributed by atoms with van der Waals surface area (Å²) in [6.07, 6.45) is 2.28. The van der Waals surface area contributed by atoms with Crippen LogP contribution in [0.15, 0.2) is 29.2 Å². The van der Waals surface area contributed by atoms with Gasteiger partial charge in [-0.2, -0.15) is 4.31 Å². The molecule has 2 rings (SSSR count).